The molecule has 0 aliphatic carbocycles. The molecule has 14 atom stereocenters. The van der Waals surface area contributed by atoms with E-state index < -0.39 is 142 Å². The van der Waals surface area contributed by atoms with Gasteiger partial charge in [-0.3, -0.25) is 24.4 Å². The van der Waals surface area contributed by atoms with Crippen molar-refractivity contribution in [3.8, 4) is 0 Å². The number of aliphatic hydroxyl groups is 15. The molecule has 2 heterocycles. The Bertz CT molecular complexity index is 1660. The van der Waals surface area contributed by atoms with E-state index in [0.29, 0.717) is 37.3 Å². The van der Waals surface area contributed by atoms with Crippen molar-refractivity contribution in [1.29, 1.82) is 0 Å². The van der Waals surface area contributed by atoms with Crippen LogP contribution in [0.4, 0.5) is 9.59 Å². The van der Waals surface area contributed by atoms with Crippen LogP contribution in [0.15, 0.2) is 18.2 Å². The Labute approximate surface area is 447 Å². The summed E-state index contributed by atoms with van der Waals surface area (Å²) in [6.45, 7) is -0.275. The summed E-state index contributed by atoms with van der Waals surface area (Å²) in [7, 11) is 4.39. The Hall–Kier alpha value is -3.57. The van der Waals surface area contributed by atoms with E-state index in [1.165, 1.54) is 14.1 Å². The van der Waals surface area contributed by atoms with E-state index in [2.05, 4.69) is 10.6 Å². The fraction of sp³-hybridized carbons (Fsp3) is 0.800. The normalized spacial score (nSPS) is 19.4. The SMILES string of the molecule is C.CCC[C@H](O)[C@@H](O)[C@H](O)[C@H](O)CO.CN1CCN(C(CCNC(=O)N(C)C[C@H](O)[C@@H](O)[C@H](O)[C@H](O)CO)C(=O)O)Cc2cccc(n2)CN(C(CCNC(=O)N(C)C[C@H](O)[C@@H](O)[C@H](O)[C@H](O)CO)C(=O)O)CC1.[Mn]. The van der Waals surface area contributed by atoms with E-state index in [1.807, 2.05) is 11.8 Å². The van der Waals surface area contributed by atoms with E-state index in [0.717, 1.165) is 9.80 Å². The number of aliphatic hydroxyl groups excluding tert-OH is 15. The third kappa shape index (κ3) is 25.6. The van der Waals surface area contributed by atoms with Gasteiger partial charge < -0.3 is 112 Å². The molecule has 0 saturated heterocycles. The van der Waals surface area contributed by atoms with Gasteiger partial charge in [0.1, 0.15) is 79.2 Å². The van der Waals surface area contributed by atoms with Crippen LogP contribution in [-0.4, -0.2) is 319 Å². The Morgan fingerprint density at radius 2 is 0.880 bits per heavy atom. The Kier molecular flexibility index (Phi) is 37.3. The van der Waals surface area contributed by atoms with Crippen molar-refractivity contribution in [3.05, 3.63) is 29.6 Å². The number of carboxylic acids is 2. The number of urea groups is 2. The molecule has 1 aromatic rings. The van der Waals surface area contributed by atoms with Crippen molar-refractivity contribution in [2.45, 2.75) is 138 Å². The number of carbonyl (C=O) groups is 4. The Morgan fingerprint density at radius 1 is 0.560 bits per heavy atom. The number of aliphatic carboxylic acids is 2. The second-order valence-electron chi connectivity index (χ2n) is 18.1. The van der Waals surface area contributed by atoms with E-state index in [4.69, 9.17) is 30.5 Å². The topological polar surface area (TPSA) is 465 Å². The molecule has 30 heteroatoms. The number of hydrogen-bond donors (Lipinski definition) is 19. The predicted octanol–water partition coefficient (Wildman–Crippen LogP) is -7.67. The molecule has 29 nitrogen and oxygen atoms in total. The van der Waals surface area contributed by atoms with Crippen LogP contribution in [0.25, 0.3) is 0 Å². The fourth-order valence-electron chi connectivity index (χ4n) is 7.45. The molecule has 75 heavy (non-hydrogen) atoms. The number of nitrogens with one attached hydrogen (secondary N) is 2. The first-order chi connectivity index (χ1) is 34.3. The second kappa shape index (κ2) is 38.1. The Balaban J connectivity index is 0. The number of carboxylic acid groups (broad SMARTS) is 2. The molecule has 439 valence electrons. The zero-order valence-electron chi connectivity index (χ0n) is 42.1. The summed E-state index contributed by atoms with van der Waals surface area (Å²) in [6.07, 6.45) is -18.7. The van der Waals surface area contributed by atoms with Crippen LogP contribution in [-0.2, 0) is 39.7 Å². The van der Waals surface area contributed by atoms with Crippen LogP contribution in [0.1, 0.15) is 51.4 Å². The van der Waals surface area contributed by atoms with Crippen molar-refractivity contribution < 1.29 is 123 Å². The molecule has 0 spiro atoms. The Morgan fingerprint density at radius 3 is 1.19 bits per heavy atom. The number of fused-ring (bicyclic) bond motifs is 2. The standard InChI is InChI=1S/C36H64N8O16.C8H18O5.CH4.Mn/c1-40-11-13-43(23(33(55)56)7-9-37-35(59)41(2)17-25(47)29(51)31(53)27(49)19-45)15-21-5-4-6-22(39-21)16-44(14-12-40)24(34(57)58)8-10-38-36(60)42(3)18-26(48)30(52)32(54)28(50)20-46;1-2-3-5(10)7(12)8(13)6(11)4-9;;/h4-6,23-32,45-54H,7-20H2,1-3H3,(H,37,59)(H,38,60)(H,55,56)(H,57,58);5-13H,2-4H2,1H3;1H4;/t23?,24?,25-,26-,27+,28+,29+,30+,31+,32+;5-,6+,7+,8+;;/m00../s1. The molecule has 1 aliphatic heterocycles. The van der Waals surface area contributed by atoms with Gasteiger partial charge >= 0.3 is 24.0 Å². The summed E-state index contributed by atoms with van der Waals surface area (Å²) in [5.74, 6) is -2.31. The number of carbonyl (C=O) groups excluding carboxylic acids is 2. The van der Waals surface area contributed by atoms with Gasteiger partial charge in [0.05, 0.1) is 50.4 Å². The minimum absolute atomic E-state index is 0. The summed E-state index contributed by atoms with van der Waals surface area (Å²) in [5, 5.41) is 168. The number of nitrogens with zero attached hydrogens (tertiary/aromatic N) is 6. The molecular formula is C45H86MnN8O21. The fourth-order valence-corrected chi connectivity index (χ4v) is 7.45. The van der Waals surface area contributed by atoms with Gasteiger partial charge in [-0.15, -0.1) is 0 Å². The molecule has 0 aromatic carbocycles. The van der Waals surface area contributed by atoms with Gasteiger partial charge in [0, 0.05) is 83.5 Å². The van der Waals surface area contributed by atoms with Gasteiger partial charge in [-0.05, 0) is 38.4 Å². The summed E-state index contributed by atoms with van der Waals surface area (Å²) in [5.41, 5.74) is 0.999. The number of rotatable bonds is 28. The van der Waals surface area contributed by atoms with Crippen LogP contribution in [0.2, 0.25) is 0 Å². The maximum Gasteiger partial charge on any atom is 0.320 e. The largest absolute Gasteiger partial charge is 0.480 e. The number of pyridine rings is 1. The van der Waals surface area contributed by atoms with E-state index >= 15 is 0 Å². The van der Waals surface area contributed by atoms with Gasteiger partial charge in [-0.2, -0.15) is 0 Å². The van der Waals surface area contributed by atoms with E-state index in [9.17, 15) is 80.5 Å². The van der Waals surface area contributed by atoms with Gasteiger partial charge in [-0.1, -0.05) is 26.8 Å². The molecule has 1 aromatic heterocycles. The third-order valence-electron chi connectivity index (χ3n) is 12.1. The van der Waals surface area contributed by atoms with Gasteiger partial charge in [0.25, 0.3) is 0 Å². The van der Waals surface area contributed by atoms with Crippen molar-refractivity contribution in [2.75, 3.05) is 93.3 Å². The molecule has 2 unspecified atom stereocenters. The van der Waals surface area contributed by atoms with Crippen LogP contribution in [0.3, 0.4) is 0 Å². The first-order valence-electron chi connectivity index (χ1n) is 23.8. The van der Waals surface area contributed by atoms with E-state index in [-0.39, 0.29) is 76.6 Å². The van der Waals surface area contributed by atoms with Crippen molar-refractivity contribution in [3.63, 3.8) is 0 Å². The minimum atomic E-state index is -1.87. The maximum absolute atomic E-state index is 12.7. The molecule has 0 fully saturated rings. The van der Waals surface area contributed by atoms with E-state index in [1.54, 1.807) is 35.0 Å². The smallest absolute Gasteiger partial charge is 0.320 e. The zero-order chi connectivity index (χ0) is 55.7. The van der Waals surface area contributed by atoms with Gasteiger partial charge in [0.2, 0.25) is 0 Å². The summed E-state index contributed by atoms with van der Waals surface area (Å²) in [6, 6.07) is 1.53. The maximum atomic E-state index is 12.7. The second-order valence-corrected chi connectivity index (χ2v) is 18.1. The summed E-state index contributed by atoms with van der Waals surface area (Å²) >= 11 is 0. The minimum Gasteiger partial charge on any atom is -0.480 e. The molecule has 2 rings (SSSR count). The monoisotopic (exact) mass is 1130 g/mol. The third-order valence-corrected chi connectivity index (χ3v) is 12.1. The molecule has 4 amide bonds. The van der Waals surface area contributed by atoms with Crippen molar-refractivity contribution in [1.82, 2.24) is 40.1 Å². The number of likely N-dealkylation sites (N-methyl/N-ethyl adjacent to an activating group) is 3. The number of amides is 4. The van der Waals surface area contributed by atoms with Crippen molar-refractivity contribution >= 4 is 24.0 Å². The molecule has 19 N–H and O–H groups in total. The number of aromatic nitrogens is 1. The molecule has 1 radical (unpaired) electrons. The van der Waals surface area contributed by atoms with Crippen LogP contribution in [0.5, 0.6) is 0 Å². The zero-order valence-corrected chi connectivity index (χ0v) is 43.3. The average Bonchev–Trinajstić information content (AvgIpc) is 3.36. The predicted molar refractivity (Wildman–Crippen MR) is 262 cm³/mol. The molecule has 0 saturated carbocycles. The van der Waals surface area contributed by atoms with Crippen LogP contribution >= 0.6 is 0 Å². The molecule has 2 bridgehead atoms. The average molecular weight is 1130 g/mol. The molecule has 1 aliphatic rings. The molecular weight excluding hydrogens is 1040 g/mol. The first kappa shape index (κ1) is 73.5. The van der Waals surface area contributed by atoms with Crippen LogP contribution < -0.4 is 10.6 Å². The van der Waals surface area contributed by atoms with Gasteiger partial charge in [0.15, 0.2) is 0 Å². The number of hydrogen-bond acceptors (Lipinski definition) is 23. The summed E-state index contributed by atoms with van der Waals surface area (Å²) in [4.78, 5) is 62.6. The quantitative estimate of drug-likeness (QED) is 0.0347. The van der Waals surface area contributed by atoms with Crippen molar-refractivity contribution in [2.24, 2.45) is 0 Å². The van der Waals surface area contributed by atoms with Gasteiger partial charge in [-0.25, -0.2) is 9.59 Å². The van der Waals surface area contributed by atoms with Crippen LogP contribution in [0, 0.1) is 0 Å². The first-order valence-corrected chi connectivity index (χ1v) is 23.8. The summed E-state index contributed by atoms with van der Waals surface area (Å²) < 4.78 is 0.